The van der Waals surface area contributed by atoms with Crippen LogP contribution in [0.3, 0.4) is 0 Å². The van der Waals surface area contributed by atoms with Gasteiger partial charge in [-0.2, -0.15) is 0 Å². The van der Waals surface area contributed by atoms with E-state index in [0.717, 1.165) is 28.6 Å². The lowest BCUT2D eigenvalue weighted by molar-refractivity contribution is -0.155. The summed E-state index contributed by atoms with van der Waals surface area (Å²) in [6.07, 6.45) is -0.456. The predicted octanol–water partition coefficient (Wildman–Crippen LogP) is 5.72. The van der Waals surface area contributed by atoms with Gasteiger partial charge in [-0.05, 0) is 26.8 Å². The van der Waals surface area contributed by atoms with Crippen molar-refractivity contribution in [3.8, 4) is 5.75 Å². The zero-order chi connectivity index (χ0) is 21.2. The van der Waals surface area contributed by atoms with Crippen LogP contribution in [0.4, 0.5) is 0 Å². The SMILES string of the molecule is Cc1ccc(C(=O)SCC(C)C(=O)O[C@H]2c3ccccc3OC(C)(C)[C@@H]2Br)cc1. The van der Waals surface area contributed by atoms with Gasteiger partial charge in [0.25, 0.3) is 0 Å². The van der Waals surface area contributed by atoms with Crippen molar-refractivity contribution in [2.24, 2.45) is 5.92 Å². The molecule has 1 aliphatic rings. The standard InChI is InChI=1S/C23H25BrO4S/c1-14-9-11-16(12-10-14)22(26)29-13-15(2)21(25)27-19-17-7-5-6-8-18(17)28-23(3,4)20(19)24/h5-12,15,19-20H,13H2,1-4H3/t15?,19-,20+/m0/s1. The molecule has 0 saturated carbocycles. The molecule has 1 heterocycles. The van der Waals surface area contributed by atoms with E-state index in [2.05, 4.69) is 15.9 Å². The minimum Gasteiger partial charge on any atom is -0.486 e. The lowest BCUT2D eigenvalue weighted by Gasteiger charge is -2.41. The highest BCUT2D eigenvalue weighted by molar-refractivity contribution is 9.09. The third-order valence-corrected chi connectivity index (χ3v) is 7.67. The number of alkyl halides is 1. The minimum absolute atomic E-state index is 0.0411. The van der Waals surface area contributed by atoms with E-state index in [-0.39, 0.29) is 15.9 Å². The van der Waals surface area contributed by atoms with Gasteiger partial charge >= 0.3 is 5.97 Å². The van der Waals surface area contributed by atoms with Crippen LogP contribution in [-0.2, 0) is 9.53 Å². The minimum atomic E-state index is -0.529. The van der Waals surface area contributed by atoms with Crippen LogP contribution in [0.1, 0.15) is 48.4 Å². The number of fused-ring (bicyclic) bond motifs is 1. The Morgan fingerprint density at radius 3 is 2.52 bits per heavy atom. The van der Waals surface area contributed by atoms with Crippen molar-refractivity contribution >= 4 is 38.8 Å². The van der Waals surface area contributed by atoms with Gasteiger partial charge in [-0.3, -0.25) is 9.59 Å². The highest BCUT2D eigenvalue weighted by atomic mass is 79.9. The average molecular weight is 477 g/mol. The number of aryl methyl sites for hydroxylation is 1. The summed E-state index contributed by atoms with van der Waals surface area (Å²) in [7, 11) is 0. The Bertz CT molecular complexity index is 894. The molecule has 29 heavy (non-hydrogen) atoms. The molecule has 154 valence electrons. The van der Waals surface area contributed by atoms with Crippen LogP contribution in [0.2, 0.25) is 0 Å². The summed E-state index contributed by atoms with van der Waals surface area (Å²) in [6, 6.07) is 15.0. The lowest BCUT2D eigenvalue weighted by Crippen LogP contribution is -2.46. The molecule has 0 N–H and O–H groups in total. The number of carbonyl (C=O) groups excluding carboxylic acids is 2. The number of para-hydroxylation sites is 1. The molecule has 2 aromatic carbocycles. The molecule has 3 atom stereocenters. The second-order valence-corrected chi connectivity index (χ2v) is 9.85. The maximum atomic E-state index is 12.8. The van der Waals surface area contributed by atoms with Crippen LogP contribution in [0.5, 0.6) is 5.75 Å². The normalized spacial score (nSPS) is 20.9. The number of hydrogen-bond donors (Lipinski definition) is 0. The smallest absolute Gasteiger partial charge is 0.310 e. The van der Waals surface area contributed by atoms with Gasteiger partial charge in [-0.25, -0.2) is 0 Å². The van der Waals surface area contributed by atoms with Crippen molar-refractivity contribution in [3.05, 3.63) is 65.2 Å². The van der Waals surface area contributed by atoms with Gasteiger partial charge in [0, 0.05) is 16.9 Å². The number of esters is 1. The van der Waals surface area contributed by atoms with E-state index in [4.69, 9.17) is 9.47 Å². The molecular weight excluding hydrogens is 452 g/mol. The number of carbonyl (C=O) groups is 2. The Balaban J connectivity index is 1.64. The highest BCUT2D eigenvalue weighted by Crippen LogP contribution is 2.45. The average Bonchev–Trinajstić information content (AvgIpc) is 2.69. The Hall–Kier alpha value is -1.79. The van der Waals surface area contributed by atoms with Crippen LogP contribution in [-0.4, -0.2) is 27.3 Å². The van der Waals surface area contributed by atoms with Gasteiger partial charge in [0.15, 0.2) is 0 Å². The van der Waals surface area contributed by atoms with Crippen molar-refractivity contribution in [2.45, 2.75) is 44.2 Å². The summed E-state index contributed by atoms with van der Waals surface area (Å²) in [5.41, 5.74) is 2.06. The summed E-state index contributed by atoms with van der Waals surface area (Å²) < 4.78 is 11.9. The summed E-state index contributed by atoms with van der Waals surface area (Å²) >= 11 is 4.80. The van der Waals surface area contributed by atoms with E-state index in [1.165, 1.54) is 0 Å². The van der Waals surface area contributed by atoms with Gasteiger partial charge in [0.05, 0.1) is 10.7 Å². The fourth-order valence-corrected chi connectivity index (χ4v) is 4.40. The van der Waals surface area contributed by atoms with Gasteiger partial charge in [0.1, 0.15) is 17.5 Å². The molecule has 1 aliphatic heterocycles. The number of benzene rings is 2. The molecule has 0 bridgehead atoms. The van der Waals surface area contributed by atoms with Crippen LogP contribution in [0.25, 0.3) is 0 Å². The zero-order valence-corrected chi connectivity index (χ0v) is 19.4. The van der Waals surface area contributed by atoms with Gasteiger partial charge < -0.3 is 9.47 Å². The second-order valence-electron chi connectivity index (χ2n) is 7.87. The predicted molar refractivity (Wildman–Crippen MR) is 120 cm³/mol. The maximum absolute atomic E-state index is 12.8. The number of halogens is 1. The van der Waals surface area contributed by atoms with Gasteiger partial charge in [0.2, 0.25) is 5.12 Å². The van der Waals surface area contributed by atoms with Crippen LogP contribution < -0.4 is 4.74 Å². The molecule has 0 aliphatic carbocycles. The number of hydrogen-bond acceptors (Lipinski definition) is 5. The Kier molecular flexibility index (Phi) is 6.74. The Morgan fingerprint density at radius 1 is 1.17 bits per heavy atom. The van der Waals surface area contributed by atoms with E-state index >= 15 is 0 Å². The molecule has 0 amide bonds. The van der Waals surface area contributed by atoms with E-state index in [0.29, 0.717) is 11.3 Å². The molecule has 4 nitrogen and oxygen atoms in total. The van der Waals surface area contributed by atoms with Gasteiger partial charge in [-0.15, -0.1) is 0 Å². The molecule has 0 spiro atoms. The van der Waals surface area contributed by atoms with E-state index in [1.54, 1.807) is 6.92 Å². The van der Waals surface area contributed by atoms with Crippen LogP contribution in [0, 0.1) is 12.8 Å². The first kappa shape index (κ1) is 21.9. The first-order valence-corrected chi connectivity index (χ1v) is 11.5. The van der Waals surface area contributed by atoms with Gasteiger partial charge in [-0.1, -0.05) is 82.6 Å². The molecule has 0 radical (unpaired) electrons. The summed E-state index contributed by atoms with van der Waals surface area (Å²) in [5, 5.41) is -0.0411. The van der Waals surface area contributed by atoms with Crippen molar-refractivity contribution in [1.29, 1.82) is 0 Å². The fraction of sp³-hybridized carbons (Fsp3) is 0.391. The second kappa shape index (κ2) is 8.92. The van der Waals surface area contributed by atoms with Crippen molar-refractivity contribution in [3.63, 3.8) is 0 Å². The monoisotopic (exact) mass is 476 g/mol. The first-order chi connectivity index (χ1) is 13.7. The summed E-state index contributed by atoms with van der Waals surface area (Å²) in [5.74, 6) is 0.359. The van der Waals surface area contributed by atoms with Crippen LogP contribution in [0.15, 0.2) is 48.5 Å². The maximum Gasteiger partial charge on any atom is 0.310 e. The number of rotatable bonds is 5. The molecule has 0 fully saturated rings. The third-order valence-electron chi connectivity index (χ3n) is 4.93. The highest BCUT2D eigenvalue weighted by Gasteiger charge is 2.44. The van der Waals surface area contributed by atoms with Crippen molar-refractivity contribution in [1.82, 2.24) is 0 Å². The molecule has 6 heteroatoms. The number of thioether (sulfide) groups is 1. The Labute approximate surface area is 184 Å². The number of ether oxygens (including phenoxy) is 2. The Morgan fingerprint density at radius 2 is 1.83 bits per heavy atom. The molecule has 0 aromatic heterocycles. The third kappa shape index (κ3) is 5.04. The molecule has 1 unspecified atom stereocenters. The molecule has 2 aromatic rings. The van der Waals surface area contributed by atoms with E-state index in [9.17, 15) is 9.59 Å². The summed E-state index contributed by atoms with van der Waals surface area (Å²) in [6.45, 7) is 7.69. The van der Waals surface area contributed by atoms with Crippen molar-refractivity contribution in [2.75, 3.05) is 5.75 Å². The van der Waals surface area contributed by atoms with Crippen molar-refractivity contribution < 1.29 is 19.1 Å². The fourth-order valence-electron chi connectivity index (χ4n) is 3.08. The molecular formula is C23H25BrO4S. The first-order valence-electron chi connectivity index (χ1n) is 9.55. The van der Waals surface area contributed by atoms with E-state index < -0.39 is 17.6 Å². The lowest BCUT2D eigenvalue weighted by atomic mass is 9.91. The molecule has 3 rings (SSSR count). The van der Waals surface area contributed by atoms with Crippen LogP contribution >= 0.6 is 27.7 Å². The quantitative estimate of drug-likeness (QED) is 0.407. The molecule has 0 saturated heterocycles. The topological polar surface area (TPSA) is 52.6 Å². The zero-order valence-electron chi connectivity index (χ0n) is 17.0. The summed E-state index contributed by atoms with van der Waals surface area (Å²) in [4.78, 5) is 24.9. The van der Waals surface area contributed by atoms with E-state index in [1.807, 2.05) is 69.3 Å². The largest absolute Gasteiger partial charge is 0.486 e.